The summed E-state index contributed by atoms with van der Waals surface area (Å²) >= 11 is 0. The highest BCUT2D eigenvalue weighted by atomic mass is 16.5. The van der Waals surface area contributed by atoms with Gasteiger partial charge >= 0.3 is 6.03 Å². The summed E-state index contributed by atoms with van der Waals surface area (Å²) < 4.78 is 5.21. The second-order valence-corrected chi connectivity index (χ2v) is 6.24. The number of hydrogen-bond donors (Lipinski definition) is 3. The molecule has 1 aromatic carbocycles. The number of nitrogens with two attached hydrogens (primary N) is 1. The number of carbonyl (C=O) groups is 2. The molecule has 4 N–H and O–H groups in total. The molecule has 138 valence electrons. The molecule has 7 heteroatoms. The molecular formula is C18H28N4O3. The Kier molecular flexibility index (Phi) is 7.69. The van der Waals surface area contributed by atoms with E-state index < -0.39 is 0 Å². The highest BCUT2D eigenvalue weighted by Crippen LogP contribution is 2.18. The lowest BCUT2D eigenvalue weighted by molar-refractivity contribution is -0.137. The quantitative estimate of drug-likeness (QED) is 0.696. The Morgan fingerprint density at radius 3 is 2.76 bits per heavy atom. The van der Waals surface area contributed by atoms with Crippen LogP contribution in [0.3, 0.4) is 0 Å². The number of benzene rings is 1. The molecule has 0 aromatic heterocycles. The fourth-order valence-electron chi connectivity index (χ4n) is 3.02. The maximum atomic E-state index is 12.5. The smallest absolute Gasteiger partial charge is 0.319 e. The Balaban J connectivity index is 1.85. The molecular weight excluding hydrogens is 320 g/mol. The number of anilines is 1. The molecule has 2 rings (SSSR count). The Morgan fingerprint density at radius 1 is 1.32 bits per heavy atom. The summed E-state index contributed by atoms with van der Waals surface area (Å²) in [7, 11) is 1.56. The molecule has 1 aliphatic heterocycles. The van der Waals surface area contributed by atoms with E-state index in [1.807, 2.05) is 35.2 Å². The van der Waals surface area contributed by atoms with E-state index in [2.05, 4.69) is 10.6 Å². The van der Waals surface area contributed by atoms with Gasteiger partial charge in [-0.05, 0) is 31.4 Å². The topological polar surface area (TPSA) is 96.7 Å². The van der Waals surface area contributed by atoms with E-state index >= 15 is 0 Å². The van der Waals surface area contributed by atoms with Crippen LogP contribution in [-0.4, -0.2) is 55.7 Å². The normalized spacial score (nSPS) is 18.5. The van der Waals surface area contributed by atoms with Gasteiger partial charge in [-0.1, -0.05) is 18.2 Å². The minimum atomic E-state index is -0.263. The van der Waals surface area contributed by atoms with Gasteiger partial charge in [0.1, 0.15) is 0 Å². The number of nitrogens with zero attached hydrogens (tertiary/aromatic N) is 1. The zero-order valence-electron chi connectivity index (χ0n) is 14.7. The van der Waals surface area contributed by atoms with Gasteiger partial charge in [-0.15, -0.1) is 0 Å². The molecule has 0 saturated carbocycles. The third-order valence-electron chi connectivity index (χ3n) is 4.48. The Labute approximate surface area is 148 Å². The fourth-order valence-corrected chi connectivity index (χ4v) is 3.02. The molecule has 1 aliphatic rings. The highest BCUT2D eigenvalue weighted by Gasteiger charge is 2.28. The number of urea groups is 1. The minimum absolute atomic E-state index is 0.0121. The monoisotopic (exact) mass is 348 g/mol. The van der Waals surface area contributed by atoms with Crippen molar-refractivity contribution in [3.8, 4) is 0 Å². The van der Waals surface area contributed by atoms with Crippen LogP contribution in [0.15, 0.2) is 30.3 Å². The molecule has 25 heavy (non-hydrogen) atoms. The Bertz CT molecular complexity index is 549. The number of amides is 3. The van der Waals surface area contributed by atoms with Gasteiger partial charge in [0, 0.05) is 38.5 Å². The molecule has 3 amide bonds. The zero-order valence-corrected chi connectivity index (χ0v) is 14.7. The molecule has 1 fully saturated rings. The second-order valence-electron chi connectivity index (χ2n) is 6.24. The van der Waals surface area contributed by atoms with Gasteiger partial charge < -0.3 is 26.0 Å². The van der Waals surface area contributed by atoms with Gasteiger partial charge in [0.15, 0.2) is 0 Å². The van der Waals surface area contributed by atoms with Crippen LogP contribution in [0.1, 0.15) is 25.7 Å². The van der Waals surface area contributed by atoms with Crippen LogP contribution in [0, 0.1) is 0 Å². The molecule has 1 aromatic rings. The van der Waals surface area contributed by atoms with Crippen LogP contribution in [-0.2, 0) is 9.53 Å². The van der Waals surface area contributed by atoms with E-state index in [9.17, 15) is 9.59 Å². The molecule has 2 atom stereocenters. The van der Waals surface area contributed by atoms with Gasteiger partial charge in [0.05, 0.1) is 12.5 Å². The number of ether oxygens (including phenoxy) is 1. The number of methoxy groups -OCH3 is 1. The summed E-state index contributed by atoms with van der Waals surface area (Å²) in [5.74, 6) is 0.0345. The van der Waals surface area contributed by atoms with E-state index in [0.29, 0.717) is 19.6 Å². The number of hydrogen-bond acceptors (Lipinski definition) is 4. The van der Waals surface area contributed by atoms with E-state index in [-0.39, 0.29) is 30.5 Å². The highest BCUT2D eigenvalue weighted by molar-refractivity contribution is 5.89. The van der Waals surface area contributed by atoms with Gasteiger partial charge in [0.2, 0.25) is 5.91 Å². The molecule has 0 bridgehead atoms. The molecule has 1 heterocycles. The first-order chi connectivity index (χ1) is 12.1. The first kappa shape index (κ1) is 19.2. The van der Waals surface area contributed by atoms with Crippen LogP contribution in [0.5, 0.6) is 0 Å². The van der Waals surface area contributed by atoms with Crippen molar-refractivity contribution < 1.29 is 14.3 Å². The summed E-state index contributed by atoms with van der Waals surface area (Å²) in [6.45, 7) is 1.47. The number of likely N-dealkylation sites (tertiary alicyclic amines) is 1. The number of carbonyl (C=O) groups excluding carboxylic acids is 2. The van der Waals surface area contributed by atoms with Crippen LogP contribution < -0.4 is 16.4 Å². The number of piperidine rings is 1. The first-order valence-electron chi connectivity index (χ1n) is 8.76. The Morgan fingerprint density at radius 2 is 2.08 bits per heavy atom. The summed E-state index contributed by atoms with van der Waals surface area (Å²) in [5.41, 5.74) is 6.34. The Hall–Kier alpha value is -2.12. The summed E-state index contributed by atoms with van der Waals surface area (Å²) in [5, 5.41) is 5.65. The van der Waals surface area contributed by atoms with Gasteiger partial charge in [-0.3, -0.25) is 4.79 Å². The third kappa shape index (κ3) is 6.03. The van der Waals surface area contributed by atoms with Crippen molar-refractivity contribution in [3.05, 3.63) is 30.3 Å². The molecule has 0 aliphatic carbocycles. The minimum Gasteiger partial charge on any atom is -0.380 e. The fraction of sp³-hybridized carbons (Fsp3) is 0.556. The van der Waals surface area contributed by atoms with Crippen molar-refractivity contribution in [3.63, 3.8) is 0 Å². The van der Waals surface area contributed by atoms with Crippen molar-refractivity contribution in [2.24, 2.45) is 5.73 Å². The van der Waals surface area contributed by atoms with Crippen LogP contribution in [0.4, 0.5) is 10.5 Å². The molecule has 1 saturated heterocycles. The van der Waals surface area contributed by atoms with Gasteiger partial charge in [-0.2, -0.15) is 0 Å². The average molecular weight is 348 g/mol. The van der Waals surface area contributed by atoms with Crippen molar-refractivity contribution >= 4 is 17.6 Å². The largest absolute Gasteiger partial charge is 0.380 e. The van der Waals surface area contributed by atoms with Crippen LogP contribution in [0.2, 0.25) is 0 Å². The van der Waals surface area contributed by atoms with Crippen molar-refractivity contribution in [2.45, 2.75) is 37.8 Å². The number of nitrogens with one attached hydrogen (secondary N) is 2. The molecule has 0 spiro atoms. The SMILES string of the molecule is COC(CN)CC(=O)N1CCCCC1CNC(=O)Nc1ccccc1. The average Bonchev–Trinajstić information content (AvgIpc) is 2.65. The lowest BCUT2D eigenvalue weighted by Crippen LogP contribution is -2.50. The maximum Gasteiger partial charge on any atom is 0.319 e. The van der Waals surface area contributed by atoms with E-state index in [1.165, 1.54) is 0 Å². The molecule has 2 unspecified atom stereocenters. The summed E-state index contributed by atoms with van der Waals surface area (Å²) in [6, 6.07) is 9.02. The molecule has 7 nitrogen and oxygen atoms in total. The lowest BCUT2D eigenvalue weighted by atomic mass is 10.0. The lowest BCUT2D eigenvalue weighted by Gasteiger charge is -2.36. The van der Waals surface area contributed by atoms with Crippen LogP contribution >= 0.6 is 0 Å². The standard InChI is InChI=1S/C18H28N4O3/c1-25-16(12-19)11-17(23)22-10-6-5-9-15(22)13-20-18(24)21-14-7-3-2-4-8-14/h2-4,7-8,15-16H,5-6,9-13,19H2,1H3,(H2,20,21,24). The van der Waals surface area contributed by atoms with Crippen molar-refractivity contribution in [2.75, 3.05) is 32.1 Å². The second kappa shape index (κ2) is 10.0. The van der Waals surface area contributed by atoms with E-state index in [4.69, 9.17) is 10.5 Å². The number of rotatable bonds is 7. The van der Waals surface area contributed by atoms with Crippen LogP contribution in [0.25, 0.3) is 0 Å². The van der Waals surface area contributed by atoms with Gasteiger partial charge in [0.25, 0.3) is 0 Å². The predicted molar refractivity (Wildman–Crippen MR) is 97.3 cm³/mol. The first-order valence-corrected chi connectivity index (χ1v) is 8.76. The van der Waals surface area contributed by atoms with Crippen molar-refractivity contribution in [1.29, 1.82) is 0 Å². The number of para-hydroxylation sites is 1. The third-order valence-corrected chi connectivity index (χ3v) is 4.48. The maximum absolute atomic E-state index is 12.5. The van der Waals surface area contributed by atoms with E-state index in [0.717, 1.165) is 24.9 Å². The molecule has 0 radical (unpaired) electrons. The van der Waals surface area contributed by atoms with Crippen molar-refractivity contribution in [1.82, 2.24) is 10.2 Å². The van der Waals surface area contributed by atoms with E-state index in [1.54, 1.807) is 7.11 Å². The predicted octanol–water partition coefficient (Wildman–Crippen LogP) is 1.55. The van der Waals surface area contributed by atoms with Gasteiger partial charge in [-0.25, -0.2) is 4.79 Å². The summed E-state index contributed by atoms with van der Waals surface area (Å²) in [4.78, 5) is 26.4. The zero-order chi connectivity index (χ0) is 18.1. The summed E-state index contributed by atoms with van der Waals surface area (Å²) in [6.07, 6.45) is 2.95.